The van der Waals surface area contributed by atoms with Crippen molar-refractivity contribution in [2.75, 3.05) is 0 Å². The second-order valence-electron chi connectivity index (χ2n) is 3.59. The van der Waals surface area contributed by atoms with E-state index >= 15 is 0 Å². The summed E-state index contributed by atoms with van der Waals surface area (Å²) in [5, 5.41) is 1.60. The van der Waals surface area contributed by atoms with Gasteiger partial charge in [0.05, 0.1) is 0 Å². The van der Waals surface area contributed by atoms with Crippen molar-refractivity contribution in [1.82, 2.24) is 0 Å². The fourth-order valence-electron chi connectivity index (χ4n) is 1.07. The van der Waals surface area contributed by atoms with Crippen LogP contribution in [0.25, 0.3) is 0 Å². The number of hydrogen-bond acceptors (Lipinski definition) is 0. The number of rotatable bonds is 0. The molecule has 0 fully saturated rings. The van der Waals surface area contributed by atoms with E-state index in [9.17, 15) is 0 Å². The Hall–Kier alpha value is -0.448. The Kier molecular flexibility index (Phi) is 8.39. The molecule has 0 aliphatic carbocycles. The minimum Gasteiger partial charge on any atom is -0.0843 e. The van der Waals surface area contributed by atoms with E-state index in [2.05, 4.69) is 0 Å². The number of aryl methyl sites for hydroxylation is 2. The molecule has 0 atom stereocenters. The van der Waals surface area contributed by atoms with Crippen LogP contribution >= 0.6 is 23.2 Å². The van der Waals surface area contributed by atoms with E-state index < -0.39 is 0 Å². The topological polar surface area (TPSA) is 0 Å². The van der Waals surface area contributed by atoms with Crippen molar-refractivity contribution in [3.63, 3.8) is 0 Å². The van der Waals surface area contributed by atoms with Crippen molar-refractivity contribution in [3.05, 3.63) is 69.7 Å². The first-order chi connectivity index (χ1) is 7.58. The Morgan fingerprint density at radius 2 is 0.824 bits per heavy atom. The van der Waals surface area contributed by atoms with E-state index in [1.165, 1.54) is 11.1 Å². The number of benzene rings is 2. The molecule has 0 aliphatic rings. The first-order valence-corrected chi connectivity index (χ1v) is 5.78. The molecule has 0 aliphatic heterocycles. The van der Waals surface area contributed by atoms with Gasteiger partial charge >= 0.3 is 0 Å². The Morgan fingerprint density at radius 1 is 0.588 bits per heavy atom. The van der Waals surface area contributed by atoms with Crippen molar-refractivity contribution >= 4 is 23.2 Å². The molecule has 0 radical (unpaired) electrons. The second kappa shape index (κ2) is 8.62. The van der Waals surface area contributed by atoms with Gasteiger partial charge in [-0.25, -0.2) is 0 Å². The monoisotopic (exact) mass is 304 g/mol. The van der Waals surface area contributed by atoms with E-state index in [-0.39, 0.29) is 17.4 Å². The van der Waals surface area contributed by atoms with Gasteiger partial charge < -0.3 is 0 Å². The van der Waals surface area contributed by atoms with E-state index in [0.717, 1.165) is 10.0 Å². The average molecular weight is 305 g/mol. The molecule has 0 unspecified atom stereocenters. The minimum atomic E-state index is 0. The molecule has 0 heterocycles. The van der Waals surface area contributed by atoms with Crippen molar-refractivity contribution in [1.29, 1.82) is 0 Å². The first kappa shape index (κ1) is 16.6. The summed E-state index contributed by atoms with van der Waals surface area (Å²) >= 11 is 11.2. The molecular weight excluding hydrogens is 291 g/mol. The predicted molar refractivity (Wildman–Crippen MR) is 72.4 cm³/mol. The average Bonchev–Trinajstić information content (AvgIpc) is 2.28. The zero-order chi connectivity index (χ0) is 12.0. The smallest absolute Gasteiger partial charge is 0.0406 e. The SMILES string of the molecule is Cc1ccc(Cl)cc1.Cc1ccc(Cl)cc1.[Cr]. The van der Waals surface area contributed by atoms with Crippen LogP contribution in [0.3, 0.4) is 0 Å². The van der Waals surface area contributed by atoms with E-state index in [0.29, 0.717) is 0 Å². The van der Waals surface area contributed by atoms with Gasteiger partial charge in [0, 0.05) is 27.4 Å². The van der Waals surface area contributed by atoms with Crippen LogP contribution in [0.15, 0.2) is 48.5 Å². The van der Waals surface area contributed by atoms with Gasteiger partial charge in [-0.2, -0.15) is 0 Å². The fraction of sp³-hybridized carbons (Fsp3) is 0.143. The summed E-state index contributed by atoms with van der Waals surface area (Å²) in [7, 11) is 0. The molecule has 0 saturated heterocycles. The molecule has 0 N–H and O–H groups in total. The summed E-state index contributed by atoms with van der Waals surface area (Å²) in [5.41, 5.74) is 2.49. The van der Waals surface area contributed by atoms with E-state index in [1.807, 2.05) is 62.4 Å². The molecule has 3 heteroatoms. The third-order valence-corrected chi connectivity index (χ3v) is 2.53. The molecule has 0 aromatic heterocycles. The Balaban J connectivity index is 0.000000284. The predicted octanol–water partition coefficient (Wildman–Crippen LogP) is 5.29. The fourth-order valence-corrected chi connectivity index (χ4v) is 1.32. The molecule has 2 rings (SSSR count). The van der Waals surface area contributed by atoms with E-state index in [4.69, 9.17) is 23.2 Å². The van der Waals surface area contributed by atoms with Crippen LogP contribution in [-0.4, -0.2) is 0 Å². The molecule has 0 saturated carbocycles. The van der Waals surface area contributed by atoms with Crippen LogP contribution in [-0.2, 0) is 17.4 Å². The summed E-state index contributed by atoms with van der Waals surface area (Å²) < 4.78 is 0. The summed E-state index contributed by atoms with van der Waals surface area (Å²) in [6, 6.07) is 15.5. The van der Waals surface area contributed by atoms with Gasteiger partial charge in [0.25, 0.3) is 0 Å². The van der Waals surface area contributed by atoms with Crippen LogP contribution in [0.5, 0.6) is 0 Å². The molecule has 2 aromatic rings. The Morgan fingerprint density at radius 3 is 1.00 bits per heavy atom. The number of hydrogen-bond donors (Lipinski definition) is 0. The van der Waals surface area contributed by atoms with Gasteiger partial charge in [0.2, 0.25) is 0 Å². The van der Waals surface area contributed by atoms with Crippen LogP contribution in [0.1, 0.15) is 11.1 Å². The summed E-state index contributed by atoms with van der Waals surface area (Å²) in [5.74, 6) is 0. The first-order valence-electron chi connectivity index (χ1n) is 5.02. The summed E-state index contributed by atoms with van der Waals surface area (Å²) in [6.07, 6.45) is 0. The maximum atomic E-state index is 5.61. The van der Waals surface area contributed by atoms with Crippen molar-refractivity contribution in [2.45, 2.75) is 13.8 Å². The van der Waals surface area contributed by atoms with Crippen molar-refractivity contribution in [2.24, 2.45) is 0 Å². The molecule has 17 heavy (non-hydrogen) atoms. The Bertz CT molecular complexity index is 335. The second-order valence-corrected chi connectivity index (χ2v) is 4.46. The zero-order valence-corrected chi connectivity index (χ0v) is 12.6. The summed E-state index contributed by atoms with van der Waals surface area (Å²) in [4.78, 5) is 0. The van der Waals surface area contributed by atoms with Gasteiger partial charge in [0.15, 0.2) is 0 Å². The molecule has 0 spiro atoms. The molecule has 0 amide bonds. The maximum Gasteiger partial charge on any atom is 0.0406 e. The van der Waals surface area contributed by atoms with Crippen LogP contribution in [0.4, 0.5) is 0 Å². The molecule has 0 bridgehead atoms. The number of halogens is 2. The molecule has 0 nitrogen and oxygen atoms in total. The molecule has 90 valence electrons. The van der Waals surface area contributed by atoms with Crippen LogP contribution in [0.2, 0.25) is 10.0 Å². The van der Waals surface area contributed by atoms with Gasteiger partial charge in [0.1, 0.15) is 0 Å². The third-order valence-electron chi connectivity index (χ3n) is 2.02. The largest absolute Gasteiger partial charge is 0.0843 e. The van der Waals surface area contributed by atoms with Gasteiger partial charge in [-0.3, -0.25) is 0 Å². The molecular formula is C14H14Cl2Cr. The Labute approximate surface area is 124 Å². The van der Waals surface area contributed by atoms with Gasteiger partial charge in [-0.15, -0.1) is 0 Å². The van der Waals surface area contributed by atoms with Gasteiger partial charge in [-0.05, 0) is 38.1 Å². The maximum absolute atomic E-state index is 5.61. The van der Waals surface area contributed by atoms with E-state index in [1.54, 1.807) is 0 Å². The molecule has 2 aromatic carbocycles. The van der Waals surface area contributed by atoms with Crippen LogP contribution < -0.4 is 0 Å². The van der Waals surface area contributed by atoms with Gasteiger partial charge in [-0.1, -0.05) is 58.6 Å². The quantitative estimate of drug-likeness (QED) is 0.620. The third kappa shape index (κ3) is 7.47. The zero-order valence-electron chi connectivity index (χ0n) is 9.78. The normalized spacial score (nSPS) is 8.71. The van der Waals surface area contributed by atoms with Crippen molar-refractivity contribution in [3.8, 4) is 0 Å². The summed E-state index contributed by atoms with van der Waals surface area (Å²) in [6.45, 7) is 4.08. The van der Waals surface area contributed by atoms with Crippen LogP contribution in [0, 0.1) is 13.8 Å². The van der Waals surface area contributed by atoms with Crippen molar-refractivity contribution < 1.29 is 17.4 Å². The standard InChI is InChI=1S/2C7H7Cl.Cr/c2*1-6-2-4-7(8)5-3-6;/h2*2-5H,1H3;. The minimum absolute atomic E-state index is 0.